The van der Waals surface area contributed by atoms with Crippen LogP contribution in [-0.2, 0) is 4.79 Å². The molecule has 0 radical (unpaired) electrons. The van der Waals surface area contributed by atoms with E-state index in [1.54, 1.807) is 13.0 Å². The van der Waals surface area contributed by atoms with Crippen molar-refractivity contribution >= 4 is 29.1 Å². The molecule has 1 heterocycles. The first-order chi connectivity index (χ1) is 7.29. The zero-order chi connectivity index (χ0) is 12.3. The fraction of sp³-hybridized carbons (Fsp3) is 0.500. The van der Waals surface area contributed by atoms with Crippen LogP contribution in [0.3, 0.4) is 0 Å². The molecule has 0 unspecified atom stereocenters. The van der Waals surface area contributed by atoms with Crippen LogP contribution in [-0.4, -0.2) is 16.2 Å². The highest BCUT2D eigenvalue weighted by atomic mass is 32.1. The van der Waals surface area contributed by atoms with E-state index in [1.165, 1.54) is 0 Å². The van der Waals surface area contributed by atoms with Crippen molar-refractivity contribution in [1.29, 1.82) is 0 Å². The summed E-state index contributed by atoms with van der Waals surface area (Å²) in [7, 11) is 0. The van der Waals surface area contributed by atoms with Gasteiger partial charge in [-0.3, -0.25) is 4.79 Å². The third-order valence-corrected chi connectivity index (χ3v) is 1.98. The van der Waals surface area contributed by atoms with Gasteiger partial charge in [-0.25, -0.2) is 0 Å². The minimum Gasteiger partial charge on any atom is -0.360 e. The summed E-state index contributed by atoms with van der Waals surface area (Å²) < 4.78 is 4.85. The second-order valence-electron chi connectivity index (χ2n) is 4.48. The Balaban J connectivity index is 2.52. The highest BCUT2D eigenvalue weighted by Crippen LogP contribution is 2.12. The summed E-state index contributed by atoms with van der Waals surface area (Å²) in [6, 6.07) is 1.69. The largest absolute Gasteiger partial charge is 0.360 e. The predicted octanol–water partition coefficient (Wildman–Crippen LogP) is 1.84. The summed E-state index contributed by atoms with van der Waals surface area (Å²) in [5, 5.41) is 9.25. The Kier molecular flexibility index (Phi) is 3.64. The molecule has 0 saturated carbocycles. The fourth-order valence-electron chi connectivity index (χ4n) is 0.863. The summed E-state index contributed by atoms with van der Waals surface area (Å²) in [5.74, 6) is 1.01. The minimum atomic E-state index is -0.481. The quantitative estimate of drug-likeness (QED) is 0.734. The number of thiocarbonyl (C=S) groups is 1. The van der Waals surface area contributed by atoms with Crippen LogP contribution < -0.4 is 10.6 Å². The van der Waals surface area contributed by atoms with E-state index in [1.807, 2.05) is 20.8 Å². The Morgan fingerprint density at radius 1 is 1.50 bits per heavy atom. The van der Waals surface area contributed by atoms with E-state index in [2.05, 4.69) is 15.8 Å². The normalized spacial score (nSPS) is 11.0. The van der Waals surface area contributed by atoms with Crippen LogP contribution in [0.25, 0.3) is 0 Å². The predicted molar refractivity (Wildman–Crippen MR) is 65.1 cm³/mol. The molecule has 1 aromatic rings. The third-order valence-electron chi connectivity index (χ3n) is 1.78. The number of hydrogen-bond acceptors (Lipinski definition) is 4. The topological polar surface area (TPSA) is 67.2 Å². The van der Waals surface area contributed by atoms with Gasteiger partial charge in [-0.1, -0.05) is 25.9 Å². The minimum absolute atomic E-state index is 0.148. The van der Waals surface area contributed by atoms with E-state index in [0.717, 1.165) is 0 Å². The number of aryl methyl sites for hydroxylation is 1. The molecule has 1 amide bonds. The highest BCUT2D eigenvalue weighted by molar-refractivity contribution is 7.80. The van der Waals surface area contributed by atoms with Crippen molar-refractivity contribution in [3.05, 3.63) is 11.8 Å². The van der Waals surface area contributed by atoms with Crippen LogP contribution in [0.15, 0.2) is 10.6 Å². The summed E-state index contributed by atoms with van der Waals surface area (Å²) in [5.41, 5.74) is -0.481. The molecule has 0 aliphatic heterocycles. The number of anilines is 1. The molecule has 0 spiro atoms. The molecule has 1 aromatic heterocycles. The maximum Gasteiger partial charge on any atom is 0.231 e. The van der Waals surface area contributed by atoms with E-state index < -0.39 is 5.41 Å². The van der Waals surface area contributed by atoms with Crippen molar-refractivity contribution in [2.45, 2.75) is 27.7 Å². The van der Waals surface area contributed by atoms with Crippen LogP contribution in [0.1, 0.15) is 26.5 Å². The Hall–Kier alpha value is -1.43. The molecule has 2 N–H and O–H groups in total. The van der Waals surface area contributed by atoms with Gasteiger partial charge in [0.15, 0.2) is 10.9 Å². The van der Waals surface area contributed by atoms with Crippen LogP contribution in [0, 0.1) is 12.3 Å². The van der Waals surface area contributed by atoms with Crippen LogP contribution in [0.5, 0.6) is 0 Å². The lowest BCUT2D eigenvalue weighted by Gasteiger charge is -2.17. The SMILES string of the molecule is Cc1cc(NC(=S)NC(=O)C(C)(C)C)no1. The van der Waals surface area contributed by atoms with Crippen LogP contribution >= 0.6 is 12.2 Å². The van der Waals surface area contributed by atoms with Crippen LogP contribution in [0.2, 0.25) is 0 Å². The molecule has 0 fully saturated rings. The smallest absolute Gasteiger partial charge is 0.231 e. The Morgan fingerprint density at radius 2 is 2.12 bits per heavy atom. The molecular formula is C10H15N3O2S. The number of nitrogens with one attached hydrogen (secondary N) is 2. The van der Waals surface area contributed by atoms with Gasteiger partial charge in [0.05, 0.1) is 0 Å². The number of rotatable bonds is 1. The van der Waals surface area contributed by atoms with Gasteiger partial charge in [0.1, 0.15) is 5.76 Å². The van der Waals surface area contributed by atoms with E-state index in [-0.39, 0.29) is 11.0 Å². The molecule has 0 saturated heterocycles. The number of carbonyl (C=O) groups excluding carboxylic acids is 1. The van der Waals surface area contributed by atoms with Crippen molar-refractivity contribution < 1.29 is 9.32 Å². The van der Waals surface area contributed by atoms with Crippen molar-refractivity contribution in [1.82, 2.24) is 10.5 Å². The maximum atomic E-state index is 11.6. The van der Waals surface area contributed by atoms with Crippen molar-refractivity contribution in [2.24, 2.45) is 5.41 Å². The van der Waals surface area contributed by atoms with Crippen LogP contribution in [0.4, 0.5) is 5.82 Å². The van der Waals surface area contributed by atoms with E-state index >= 15 is 0 Å². The van der Waals surface area contributed by atoms with Gasteiger partial charge in [-0.05, 0) is 19.1 Å². The van der Waals surface area contributed by atoms with Crippen molar-refractivity contribution in [3.8, 4) is 0 Å². The van der Waals surface area contributed by atoms with Gasteiger partial charge in [0.25, 0.3) is 0 Å². The first-order valence-electron chi connectivity index (χ1n) is 4.85. The molecule has 0 atom stereocenters. The number of hydrogen-bond donors (Lipinski definition) is 2. The molecule has 0 aliphatic carbocycles. The summed E-state index contributed by atoms with van der Waals surface area (Å²) in [6.07, 6.45) is 0. The van der Waals surface area contributed by atoms with Crippen molar-refractivity contribution in [2.75, 3.05) is 5.32 Å². The molecular weight excluding hydrogens is 226 g/mol. The lowest BCUT2D eigenvalue weighted by Crippen LogP contribution is -2.41. The standard InChI is InChI=1S/C10H15N3O2S/c1-6-5-7(13-15-6)11-9(16)12-8(14)10(2,3)4/h5H,1-4H3,(H2,11,12,13,14,16). The highest BCUT2D eigenvalue weighted by Gasteiger charge is 2.22. The summed E-state index contributed by atoms with van der Waals surface area (Å²) >= 11 is 4.97. The maximum absolute atomic E-state index is 11.6. The average molecular weight is 241 g/mol. The van der Waals surface area contributed by atoms with Crippen molar-refractivity contribution in [3.63, 3.8) is 0 Å². The molecule has 1 rings (SSSR count). The molecule has 16 heavy (non-hydrogen) atoms. The Morgan fingerprint density at radius 3 is 2.56 bits per heavy atom. The molecule has 88 valence electrons. The Bertz CT molecular complexity index is 406. The average Bonchev–Trinajstić information content (AvgIpc) is 2.49. The van der Waals surface area contributed by atoms with Gasteiger partial charge in [0, 0.05) is 11.5 Å². The second kappa shape index (κ2) is 4.61. The molecule has 0 aromatic carbocycles. The second-order valence-corrected chi connectivity index (χ2v) is 4.89. The van der Waals surface area contributed by atoms with Gasteiger partial charge < -0.3 is 15.2 Å². The Labute approximate surface area is 99.6 Å². The van der Waals surface area contributed by atoms with Gasteiger partial charge in [-0.15, -0.1) is 0 Å². The lowest BCUT2D eigenvalue weighted by molar-refractivity contribution is -0.126. The third kappa shape index (κ3) is 3.62. The lowest BCUT2D eigenvalue weighted by atomic mass is 9.96. The first-order valence-corrected chi connectivity index (χ1v) is 5.25. The van der Waals surface area contributed by atoms with E-state index in [9.17, 15) is 4.79 Å². The molecule has 0 aliphatic rings. The zero-order valence-corrected chi connectivity index (χ0v) is 10.6. The number of amides is 1. The van der Waals surface area contributed by atoms with Gasteiger partial charge in [-0.2, -0.15) is 0 Å². The number of carbonyl (C=O) groups is 1. The van der Waals surface area contributed by atoms with E-state index in [0.29, 0.717) is 11.6 Å². The molecule has 0 bridgehead atoms. The molecule has 6 heteroatoms. The number of nitrogens with zero attached hydrogens (tertiary/aromatic N) is 1. The van der Waals surface area contributed by atoms with E-state index in [4.69, 9.17) is 16.7 Å². The van der Waals surface area contributed by atoms with Gasteiger partial charge in [0.2, 0.25) is 5.91 Å². The molecule has 5 nitrogen and oxygen atoms in total. The number of aromatic nitrogens is 1. The monoisotopic (exact) mass is 241 g/mol. The summed E-state index contributed by atoms with van der Waals surface area (Å²) in [6.45, 7) is 7.20. The summed E-state index contributed by atoms with van der Waals surface area (Å²) in [4.78, 5) is 11.6. The van der Waals surface area contributed by atoms with Gasteiger partial charge >= 0.3 is 0 Å². The zero-order valence-electron chi connectivity index (χ0n) is 9.75. The fourth-order valence-corrected chi connectivity index (χ4v) is 1.06. The first kappa shape index (κ1) is 12.6.